The van der Waals surface area contributed by atoms with Crippen molar-refractivity contribution in [3.8, 4) is 0 Å². The van der Waals surface area contributed by atoms with Gasteiger partial charge >= 0.3 is 0 Å². The third kappa shape index (κ3) is 5.56. The highest BCUT2D eigenvalue weighted by Gasteiger charge is 2.35. The second-order valence-electron chi connectivity index (χ2n) is 8.09. The van der Waals surface area contributed by atoms with Crippen LogP contribution in [0.5, 0.6) is 0 Å². The summed E-state index contributed by atoms with van der Waals surface area (Å²) in [5.41, 5.74) is 1.38. The molecule has 1 aliphatic rings. The molecule has 1 atom stereocenters. The van der Waals surface area contributed by atoms with E-state index in [4.69, 9.17) is 4.99 Å². The SMILES string of the molecule is CCNC(=NCC1(NC(C)c2ccccc2)CCCC1)N(C)Cc1ncnn1C. The summed E-state index contributed by atoms with van der Waals surface area (Å²) in [5, 5.41) is 11.5. The average Bonchev–Trinajstić information content (AvgIpc) is 3.35. The van der Waals surface area contributed by atoms with Gasteiger partial charge < -0.3 is 15.5 Å². The summed E-state index contributed by atoms with van der Waals surface area (Å²) in [6.45, 7) is 6.64. The molecular formula is C22H35N7. The predicted molar refractivity (Wildman–Crippen MR) is 118 cm³/mol. The summed E-state index contributed by atoms with van der Waals surface area (Å²) in [4.78, 5) is 11.5. The molecular weight excluding hydrogens is 362 g/mol. The van der Waals surface area contributed by atoms with Crippen LogP contribution < -0.4 is 10.6 Å². The van der Waals surface area contributed by atoms with Gasteiger partial charge in [0.15, 0.2) is 5.96 Å². The molecule has 1 saturated carbocycles. The van der Waals surface area contributed by atoms with Gasteiger partial charge in [-0.05, 0) is 32.3 Å². The van der Waals surface area contributed by atoms with Crippen molar-refractivity contribution < 1.29 is 0 Å². The lowest BCUT2D eigenvalue weighted by Gasteiger charge is -2.33. The molecule has 0 amide bonds. The maximum absolute atomic E-state index is 5.04. The van der Waals surface area contributed by atoms with Crippen LogP contribution in [0.25, 0.3) is 0 Å². The minimum Gasteiger partial charge on any atom is -0.357 e. The van der Waals surface area contributed by atoms with Crippen molar-refractivity contribution >= 4 is 5.96 Å². The molecule has 29 heavy (non-hydrogen) atoms. The molecule has 1 heterocycles. The molecule has 2 N–H and O–H groups in total. The van der Waals surface area contributed by atoms with Gasteiger partial charge in [-0.15, -0.1) is 0 Å². The summed E-state index contributed by atoms with van der Waals surface area (Å²) in [7, 11) is 3.97. The van der Waals surface area contributed by atoms with Crippen LogP contribution in [-0.4, -0.2) is 51.3 Å². The number of aryl methyl sites for hydroxylation is 1. The minimum atomic E-state index is 0.0571. The molecule has 1 aromatic heterocycles. The Balaban J connectivity index is 1.71. The summed E-state index contributed by atoms with van der Waals surface area (Å²) >= 11 is 0. The predicted octanol–water partition coefficient (Wildman–Crippen LogP) is 2.88. The van der Waals surface area contributed by atoms with E-state index in [1.807, 2.05) is 11.7 Å². The van der Waals surface area contributed by atoms with Crippen molar-refractivity contribution in [2.24, 2.45) is 12.0 Å². The van der Waals surface area contributed by atoms with E-state index in [2.05, 4.69) is 76.8 Å². The zero-order chi connectivity index (χ0) is 20.7. The van der Waals surface area contributed by atoms with Gasteiger partial charge in [0, 0.05) is 32.2 Å². The van der Waals surface area contributed by atoms with Crippen LogP contribution in [0.3, 0.4) is 0 Å². The Morgan fingerprint density at radius 1 is 1.28 bits per heavy atom. The Morgan fingerprint density at radius 3 is 2.62 bits per heavy atom. The van der Waals surface area contributed by atoms with Crippen molar-refractivity contribution in [1.29, 1.82) is 0 Å². The fourth-order valence-corrected chi connectivity index (χ4v) is 4.13. The molecule has 1 fully saturated rings. The molecule has 7 nitrogen and oxygen atoms in total. The normalized spacial score (nSPS) is 17.3. The van der Waals surface area contributed by atoms with Crippen LogP contribution in [0.4, 0.5) is 0 Å². The first-order valence-corrected chi connectivity index (χ1v) is 10.7. The van der Waals surface area contributed by atoms with Crippen LogP contribution in [-0.2, 0) is 13.6 Å². The molecule has 0 aliphatic heterocycles. The Hall–Kier alpha value is -2.41. The van der Waals surface area contributed by atoms with Crippen molar-refractivity contribution in [2.75, 3.05) is 20.1 Å². The van der Waals surface area contributed by atoms with Gasteiger partial charge in [-0.25, -0.2) is 4.98 Å². The highest BCUT2D eigenvalue weighted by molar-refractivity contribution is 5.79. The minimum absolute atomic E-state index is 0.0571. The van der Waals surface area contributed by atoms with Gasteiger partial charge in [0.25, 0.3) is 0 Å². The lowest BCUT2D eigenvalue weighted by atomic mass is 9.95. The van der Waals surface area contributed by atoms with E-state index in [0.29, 0.717) is 12.6 Å². The molecule has 1 aromatic carbocycles. The fourth-order valence-electron chi connectivity index (χ4n) is 4.13. The number of guanidine groups is 1. The molecule has 1 aliphatic carbocycles. The number of aliphatic imine (C=N–C) groups is 1. The molecule has 3 rings (SSSR count). The maximum atomic E-state index is 5.04. The summed E-state index contributed by atoms with van der Waals surface area (Å²) in [6.07, 6.45) is 6.44. The molecule has 0 saturated heterocycles. The van der Waals surface area contributed by atoms with Crippen molar-refractivity contribution in [1.82, 2.24) is 30.3 Å². The van der Waals surface area contributed by atoms with E-state index < -0.39 is 0 Å². The Kier molecular flexibility index (Phi) is 7.25. The maximum Gasteiger partial charge on any atom is 0.194 e. The summed E-state index contributed by atoms with van der Waals surface area (Å²) < 4.78 is 1.81. The first-order chi connectivity index (χ1) is 14.0. The van der Waals surface area contributed by atoms with Crippen molar-refractivity contribution in [3.05, 3.63) is 48.0 Å². The van der Waals surface area contributed by atoms with Crippen LogP contribution in [0.1, 0.15) is 57.0 Å². The zero-order valence-electron chi connectivity index (χ0n) is 18.2. The van der Waals surface area contributed by atoms with Gasteiger partial charge in [-0.2, -0.15) is 5.10 Å². The quantitative estimate of drug-likeness (QED) is 0.529. The van der Waals surface area contributed by atoms with E-state index in [0.717, 1.165) is 24.9 Å². The van der Waals surface area contributed by atoms with Crippen LogP contribution in [0.15, 0.2) is 41.7 Å². The molecule has 158 valence electrons. The molecule has 1 unspecified atom stereocenters. The van der Waals surface area contributed by atoms with Gasteiger partial charge in [0.05, 0.1) is 13.1 Å². The van der Waals surface area contributed by atoms with Gasteiger partial charge in [0.2, 0.25) is 0 Å². The molecule has 2 aromatic rings. The molecule has 7 heteroatoms. The first-order valence-electron chi connectivity index (χ1n) is 10.7. The van der Waals surface area contributed by atoms with E-state index >= 15 is 0 Å². The number of nitrogens with zero attached hydrogens (tertiary/aromatic N) is 5. The van der Waals surface area contributed by atoms with Gasteiger partial charge in [-0.1, -0.05) is 43.2 Å². The number of benzene rings is 1. The van der Waals surface area contributed by atoms with E-state index in [1.165, 1.54) is 31.2 Å². The number of rotatable bonds is 8. The third-order valence-electron chi connectivity index (χ3n) is 5.79. The zero-order valence-corrected chi connectivity index (χ0v) is 18.2. The third-order valence-corrected chi connectivity index (χ3v) is 5.79. The van der Waals surface area contributed by atoms with Crippen molar-refractivity contribution in [3.63, 3.8) is 0 Å². The lowest BCUT2D eigenvalue weighted by molar-refractivity contribution is 0.305. The lowest BCUT2D eigenvalue weighted by Crippen LogP contribution is -2.48. The van der Waals surface area contributed by atoms with Crippen LogP contribution in [0, 0.1) is 0 Å². The second-order valence-corrected chi connectivity index (χ2v) is 8.09. The van der Waals surface area contributed by atoms with E-state index in [-0.39, 0.29) is 5.54 Å². The topological polar surface area (TPSA) is 70.4 Å². The van der Waals surface area contributed by atoms with E-state index in [9.17, 15) is 0 Å². The number of hydrogen-bond acceptors (Lipinski definition) is 4. The molecule has 0 bridgehead atoms. The summed E-state index contributed by atoms with van der Waals surface area (Å²) in [5.74, 6) is 1.83. The number of aromatic nitrogens is 3. The summed E-state index contributed by atoms with van der Waals surface area (Å²) in [6, 6.07) is 11.0. The highest BCUT2D eigenvalue weighted by atomic mass is 15.4. The Labute approximate surface area is 174 Å². The Bertz CT molecular complexity index is 777. The number of nitrogens with one attached hydrogen (secondary N) is 2. The number of hydrogen-bond donors (Lipinski definition) is 2. The molecule has 0 spiro atoms. The standard InChI is InChI=1S/C22H35N7/c1-5-23-21(28(3)15-20-25-17-26-29(20)4)24-16-22(13-9-10-14-22)27-18(2)19-11-7-6-8-12-19/h6-8,11-12,17-18,27H,5,9-10,13-16H2,1-4H3,(H,23,24). The smallest absolute Gasteiger partial charge is 0.194 e. The second kappa shape index (κ2) is 9.87. The Morgan fingerprint density at radius 2 is 2.00 bits per heavy atom. The fraction of sp³-hybridized carbons (Fsp3) is 0.591. The van der Waals surface area contributed by atoms with Crippen molar-refractivity contribution in [2.45, 2.75) is 57.7 Å². The van der Waals surface area contributed by atoms with E-state index in [1.54, 1.807) is 6.33 Å². The largest absolute Gasteiger partial charge is 0.357 e. The molecule has 0 radical (unpaired) electrons. The van der Waals surface area contributed by atoms with Gasteiger partial charge in [-0.3, -0.25) is 9.67 Å². The van der Waals surface area contributed by atoms with Crippen LogP contribution in [0.2, 0.25) is 0 Å². The average molecular weight is 398 g/mol. The monoisotopic (exact) mass is 397 g/mol. The van der Waals surface area contributed by atoms with Crippen LogP contribution >= 0.6 is 0 Å². The first kappa shape index (κ1) is 21.3. The highest BCUT2D eigenvalue weighted by Crippen LogP contribution is 2.32. The van der Waals surface area contributed by atoms with Gasteiger partial charge in [0.1, 0.15) is 12.2 Å².